The minimum absolute atomic E-state index is 0.215. The minimum Gasteiger partial charge on any atom is -0.465 e. The summed E-state index contributed by atoms with van der Waals surface area (Å²) in [6.07, 6.45) is -0.364. The van der Waals surface area contributed by atoms with Crippen LogP contribution in [-0.2, 0) is 0 Å². The van der Waals surface area contributed by atoms with E-state index in [-0.39, 0.29) is 23.0 Å². The van der Waals surface area contributed by atoms with E-state index in [9.17, 15) is 13.6 Å². The molecule has 6 nitrogen and oxygen atoms in total. The van der Waals surface area contributed by atoms with Gasteiger partial charge in [0.2, 0.25) is 0 Å². The number of anilines is 1. The average Bonchev–Trinajstić information content (AvgIpc) is 2.82. The summed E-state index contributed by atoms with van der Waals surface area (Å²) in [4.78, 5) is 14.7. The van der Waals surface area contributed by atoms with Gasteiger partial charge in [-0.15, -0.1) is 5.10 Å². The van der Waals surface area contributed by atoms with Gasteiger partial charge in [-0.2, -0.15) is 0 Å². The Balaban J connectivity index is 2.07. The number of rotatable bonds is 2. The van der Waals surface area contributed by atoms with Crippen LogP contribution in [0.4, 0.5) is 19.3 Å². The molecular formula is C13H8F2N4O2. The Labute approximate surface area is 116 Å². The van der Waals surface area contributed by atoms with Crippen molar-refractivity contribution in [2.24, 2.45) is 0 Å². The highest BCUT2D eigenvalue weighted by molar-refractivity contribution is 5.83. The fraction of sp³-hybridized carbons (Fsp3) is 0. The highest BCUT2D eigenvalue weighted by Gasteiger charge is 2.12. The number of hydrogen-bond acceptors (Lipinski definition) is 3. The number of benzene rings is 1. The van der Waals surface area contributed by atoms with E-state index in [1.54, 1.807) is 0 Å². The van der Waals surface area contributed by atoms with E-state index in [0.717, 1.165) is 6.20 Å². The quantitative estimate of drug-likeness (QED) is 0.760. The number of amides is 1. The molecule has 0 atom stereocenters. The maximum atomic E-state index is 13.7. The van der Waals surface area contributed by atoms with Crippen LogP contribution < -0.4 is 5.32 Å². The summed E-state index contributed by atoms with van der Waals surface area (Å²) < 4.78 is 27.7. The van der Waals surface area contributed by atoms with Crippen LogP contribution in [0.3, 0.4) is 0 Å². The Morgan fingerprint density at radius 3 is 2.62 bits per heavy atom. The van der Waals surface area contributed by atoms with E-state index in [1.165, 1.54) is 34.8 Å². The third kappa shape index (κ3) is 2.50. The Hall–Kier alpha value is -3.03. The van der Waals surface area contributed by atoms with Gasteiger partial charge in [0.15, 0.2) is 17.3 Å². The maximum absolute atomic E-state index is 13.7. The number of pyridine rings is 1. The number of nitrogens with one attached hydrogen (secondary N) is 1. The molecule has 0 spiro atoms. The molecule has 0 bridgehead atoms. The third-order valence-electron chi connectivity index (χ3n) is 2.77. The summed E-state index contributed by atoms with van der Waals surface area (Å²) in [7, 11) is 0. The molecule has 1 aromatic carbocycles. The van der Waals surface area contributed by atoms with Gasteiger partial charge in [-0.3, -0.25) is 5.32 Å². The van der Waals surface area contributed by atoms with Crippen LogP contribution in [0.2, 0.25) is 0 Å². The van der Waals surface area contributed by atoms with E-state index < -0.39 is 11.9 Å². The molecule has 0 fully saturated rings. The lowest BCUT2D eigenvalue weighted by atomic mass is 10.2. The van der Waals surface area contributed by atoms with Gasteiger partial charge in [-0.1, -0.05) is 0 Å². The third-order valence-corrected chi connectivity index (χ3v) is 2.77. The van der Waals surface area contributed by atoms with Crippen molar-refractivity contribution in [1.82, 2.24) is 14.6 Å². The molecule has 0 radical (unpaired) electrons. The molecule has 2 N–H and O–H groups in total. The molecule has 21 heavy (non-hydrogen) atoms. The van der Waals surface area contributed by atoms with Gasteiger partial charge in [0.25, 0.3) is 0 Å². The van der Waals surface area contributed by atoms with E-state index in [1.807, 2.05) is 5.32 Å². The smallest absolute Gasteiger partial charge is 0.409 e. The van der Waals surface area contributed by atoms with Gasteiger partial charge in [-0.25, -0.2) is 23.1 Å². The van der Waals surface area contributed by atoms with Crippen molar-refractivity contribution >= 4 is 17.4 Å². The van der Waals surface area contributed by atoms with Crippen molar-refractivity contribution in [2.45, 2.75) is 0 Å². The first-order chi connectivity index (χ1) is 10.0. The number of carbonyl (C=O) groups is 1. The molecule has 106 valence electrons. The predicted octanol–water partition coefficient (Wildman–Crippen LogP) is 2.76. The van der Waals surface area contributed by atoms with E-state index in [2.05, 4.69) is 10.1 Å². The highest BCUT2D eigenvalue weighted by Crippen LogP contribution is 2.20. The fourth-order valence-corrected chi connectivity index (χ4v) is 1.84. The molecule has 2 aromatic heterocycles. The van der Waals surface area contributed by atoms with Gasteiger partial charge < -0.3 is 5.11 Å². The maximum Gasteiger partial charge on any atom is 0.409 e. The number of carboxylic acid groups (broad SMARTS) is 1. The molecule has 2 heterocycles. The topological polar surface area (TPSA) is 79.5 Å². The Morgan fingerprint density at radius 1 is 1.24 bits per heavy atom. The molecule has 0 saturated heterocycles. The molecule has 0 aliphatic carbocycles. The number of hydrogen-bond donors (Lipinski definition) is 2. The monoisotopic (exact) mass is 290 g/mol. The standard InChI is InChI=1S/C13H8F2N4O2/c14-8-3-1-7(2-4-8)12-17-11-5-10(16-13(20)21)9(15)6-19(11)18-12/h1-6,16H,(H,20,21). The molecule has 0 saturated carbocycles. The average molecular weight is 290 g/mol. The van der Waals surface area contributed by atoms with Gasteiger partial charge >= 0.3 is 6.09 Å². The SMILES string of the molecule is O=C(O)Nc1cc2nc(-c3ccc(F)cc3)nn2cc1F. The Morgan fingerprint density at radius 2 is 1.95 bits per heavy atom. The number of fused-ring (bicyclic) bond motifs is 1. The van der Waals surface area contributed by atoms with Crippen LogP contribution in [-0.4, -0.2) is 25.8 Å². The first-order valence-corrected chi connectivity index (χ1v) is 5.85. The fourth-order valence-electron chi connectivity index (χ4n) is 1.84. The highest BCUT2D eigenvalue weighted by atomic mass is 19.1. The van der Waals surface area contributed by atoms with Crippen molar-refractivity contribution in [1.29, 1.82) is 0 Å². The van der Waals surface area contributed by atoms with Crippen LogP contribution in [0.15, 0.2) is 36.5 Å². The van der Waals surface area contributed by atoms with E-state index in [0.29, 0.717) is 5.56 Å². The zero-order valence-electron chi connectivity index (χ0n) is 10.4. The van der Waals surface area contributed by atoms with Crippen molar-refractivity contribution in [3.63, 3.8) is 0 Å². The number of halogens is 2. The normalized spacial score (nSPS) is 10.8. The first-order valence-electron chi connectivity index (χ1n) is 5.85. The molecule has 3 aromatic rings. The molecule has 3 rings (SSSR count). The summed E-state index contributed by atoms with van der Waals surface area (Å²) in [5.41, 5.74) is 0.612. The van der Waals surface area contributed by atoms with Crippen LogP contribution in [0.25, 0.3) is 17.0 Å². The summed E-state index contributed by atoms with van der Waals surface area (Å²) in [5.74, 6) is -0.885. The Bertz CT molecular complexity index is 830. The van der Waals surface area contributed by atoms with Crippen molar-refractivity contribution in [3.8, 4) is 11.4 Å². The summed E-state index contributed by atoms with van der Waals surface area (Å²) in [6.45, 7) is 0. The predicted molar refractivity (Wildman–Crippen MR) is 70.0 cm³/mol. The second kappa shape index (κ2) is 4.82. The van der Waals surface area contributed by atoms with E-state index >= 15 is 0 Å². The number of aromatic nitrogens is 3. The zero-order chi connectivity index (χ0) is 15.0. The largest absolute Gasteiger partial charge is 0.465 e. The van der Waals surface area contributed by atoms with Gasteiger partial charge in [0.05, 0.1) is 11.9 Å². The molecule has 8 heteroatoms. The molecular weight excluding hydrogens is 282 g/mol. The van der Waals surface area contributed by atoms with Crippen molar-refractivity contribution in [2.75, 3.05) is 5.32 Å². The molecule has 0 aliphatic rings. The lowest BCUT2D eigenvalue weighted by molar-refractivity contribution is 0.209. The Kier molecular flexibility index (Phi) is 2.98. The molecule has 0 unspecified atom stereocenters. The second-order valence-electron chi connectivity index (χ2n) is 4.21. The molecule has 0 aliphatic heterocycles. The molecule has 1 amide bonds. The van der Waals surface area contributed by atoms with Crippen LogP contribution in [0.5, 0.6) is 0 Å². The first kappa shape index (κ1) is 13.0. The summed E-state index contributed by atoms with van der Waals surface area (Å²) in [6, 6.07) is 6.75. The summed E-state index contributed by atoms with van der Waals surface area (Å²) >= 11 is 0. The minimum atomic E-state index is -1.38. The van der Waals surface area contributed by atoms with Gasteiger partial charge in [0, 0.05) is 11.6 Å². The second-order valence-corrected chi connectivity index (χ2v) is 4.21. The van der Waals surface area contributed by atoms with Gasteiger partial charge in [0.1, 0.15) is 5.82 Å². The lowest BCUT2D eigenvalue weighted by Crippen LogP contribution is -2.09. The van der Waals surface area contributed by atoms with Crippen LogP contribution >= 0.6 is 0 Å². The van der Waals surface area contributed by atoms with Crippen molar-refractivity contribution in [3.05, 3.63) is 48.2 Å². The van der Waals surface area contributed by atoms with Crippen molar-refractivity contribution < 1.29 is 18.7 Å². The van der Waals surface area contributed by atoms with Crippen LogP contribution in [0.1, 0.15) is 0 Å². The zero-order valence-corrected chi connectivity index (χ0v) is 10.4. The van der Waals surface area contributed by atoms with E-state index in [4.69, 9.17) is 5.11 Å². The van der Waals surface area contributed by atoms with Crippen LogP contribution in [0, 0.1) is 11.6 Å². The number of nitrogens with zero attached hydrogens (tertiary/aromatic N) is 3. The lowest BCUT2D eigenvalue weighted by Gasteiger charge is -2.01. The van der Waals surface area contributed by atoms with Gasteiger partial charge in [-0.05, 0) is 24.3 Å². The summed E-state index contributed by atoms with van der Waals surface area (Å²) in [5, 5.41) is 14.6.